The number of ether oxygens (including phenoxy) is 1. The molecule has 1 heterocycles. The number of hydrogen-bond donors (Lipinski definition) is 2. The monoisotopic (exact) mass is 357 g/mol. The molecule has 1 aliphatic carbocycles. The Hall–Kier alpha value is -2.18. The van der Waals surface area contributed by atoms with Crippen molar-refractivity contribution in [2.75, 3.05) is 18.5 Å². The summed E-state index contributed by atoms with van der Waals surface area (Å²) in [5.41, 5.74) is 0.936. The summed E-state index contributed by atoms with van der Waals surface area (Å²) < 4.78 is 10.6. The SMILES string of the molecule is CCOC1CC(CCNC(C(=O)Nc2cc(C)on2)c2ccccc2)C1. The number of anilines is 1. The highest BCUT2D eigenvalue weighted by Gasteiger charge is 2.29. The highest BCUT2D eigenvalue weighted by molar-refractivity contribution is 5.94. The van der Waals surface area contributed by atoms with Gasteiger partial charge in [-0.2, -0.15) is 0 Å². The minimum absolute atomic E-state index is 0.134. The molecule has 1 fully saturated rings. The fourth-order valence-electron chi connectivity index (χ4n) is 3.34. The smallest absolute Gasteiger partial charge is 0.247 e. The Bertz CT molecular complexity index is 695. The quantitative estimate of drug-likeness (QED) is 0.719. The Morgan fingerprint density at radius 2 is 2.12 bits per heavy atom. The van der Waals surface area contributed by atoms with Gasteiger partial charge in [0, 0.05) is 12.7 Å². The van der Waals surface area contributed by atoms with E-state index in [9.17, 15) is 4.79 Å². The molecule has 1 atom stereocenters. The van der Waals surface area contributed by atoms with Gasteiger partial charge in [-0.15, -0.1) is 0 Å². The van der Waals surface area contributed by atoms with Crippen LogP contribution in [0.5, 0.6) is 0 Å². The minimum atomic E-state index is -0.420. The third-order valence-electron chi connectivity index (χ3n) is 4.77. The van der Waals surface area contributed by atoms with Crippen LogP contribution in [0.4, 0.5) is 5.82 Å². The van der Waals surface area contributed by atoms with Crippen molar-refractivity contribution in [1.29, 1.82) is 0 Å². The van der Waals surface area contributed by atoms with Crippen LogP contribution in [0.1, 0.15) is 43.6 Å². The van der Waals surface area contributed by atoms with Gasteiger partial charge in [0.25, 0.3) is 0 Å². The van der Waals surface area contributed by atoms with Gasteiger partial charge in [-0.1, -0.05) is 35.5 Å². The minimum Gasteiger partial charge on any atom is -0.378 e. The summed E-state index contributed by atoms with van der Waals surface area (Å²) in [7, 11) is 0. The lowest BCUT2D eigenvalue weighted by molar-refractivity contribution is -0.118. The average molecular weight is 357 g/mol. The number of amides is 1. The molecule has 26 heavy (non-hydrogen) atoms. The predicted octanol–water partition coefficient (Wildman–Crippen LogP) is 3.46. The van der Waals surface area contributed by atoms with Crippen LogP contribution in [-0.4, -0.2) is 30.3 Å². The zero-order chi connectivity index (χ0) is 18.4. The lowest BCUT2D eigenvalue weighted by atomic mass is 9.80. The van der Waals surface area contributed by atoms with Crippen molar-refractivity contribution < 1.29 is 14.1 Å². The fraction of sp³-hybridized carbons (Fsp3) is 0.500. The molecule has 2 aromatic rings. The fourth-order valence-corrected chi connectivity index (χ4v) is 3.34. The molecule has 1 amide bonds. The van der Waals surface area contributed by atoms with Crippen LogP contribution in [0.25, 0.3) is 0 Å². The van der Waals surface area contributed by atoms with Crippen LogP contribution in [-0.2, 0) is 9.53 Å². The van der Waals surface area contributed by atoms with Crippen molar-refractivity contribution in [3.05, 3.63) is 47.7 Å². The van der Waals surface area contributed by atoms with Crippen LogP contribution in [0, 0.1) is 12.8 Å². The number of hydrogen-bond acceptors (Lipinski definition) is 5. The van der Waals surface area contributed by atoms with Gasteiger partial charge in [0.2, 0.25) is 5.91 Å². The van der Waals surface area contributed by atoms with Crippen molar-refractivity contribution in [2.24, 2.45) is 5.92 Å². The Labute approximate surface area is 154 Å². The molecule has 140 valence electrons. The van der Waals surface area contributed by atoms with E-state index in [1.807, 2.05) is 37.3 Å². The van der Waals surface area contributed by atoms with Crippen molar-refractivity contribution in [3.8, 4) is 0 Å². The van der Waals surface area contributed by atoms with Crippen molar-refractivity contribution in [2.45, 2.75) is 45.3 Å². The van der Waals surface area contributed by atoms with E-state index in [0.717, 1.165) is 38.0 Å². The molecule has 0 bridgehead atoms. The van der Waals surface area contributed by atoms with Crippen LogP contribution in [0.3, 0.4) is 0 Å². The molecule has 1 aliphatic rings. The summed E-state index contributed by atoms with van der Waals surface area (Å²) in [6.45, 7) is 5.40. The molecule has 0 radical (unpaired) electrons. The first-order valence-corrected chi connectivity index (χ1v) is 9.29. The topological polar surface area (TPSA) is 76.4 Å². The van der Waals surface area contributed by atoms with Gasteiger partial charge in [0.1, 0.15) is 11.8 Å². The van der Waals surface area contributed by atoms with E-state index in [1.54, 1.807) is 13.0 Å². The Morgan fingerprint density at radius 1 is 1.35 bits per heavy atom. The second-order valence-corrected chi connectivity index (χ2v) is 6.81. The highest BCUT2D eigenvalue weighted by atomic mass is 16.5. The third-order valence-corrected chi connectivity index (χ3v) is 4.77. The van der Waals surface area contributed by atoms with E-state index in [2.05, 4.69) is 15.8 Å². The van der Waals surface area contributed by atoms with E-state index in [4.69, 9.17) is 9.26 Å². The number of aromatic nitrogens is 1. The molecule has 6 nitrogen and oxygen atoms in total. The molecule has 0 saturated heterocycles. The van der Waals surface area contributed by atoms with E-state index in [0.29, 0.717) is 23.6 Å². The van der Waals surface area contributed by atoms with E-state index in [-0.39, 0.29) is 5.91 Å². The summed E-state index contributed by atoms with van der Waals surface area (Å²) in [5.74, 6) is 1.65. The van der Waals surface area contributed by atoms with Crippen LogP contribution in [0.15, 0.2) is 40.9 Å². The molecule has 0 aliphatic heterocycles. The first-order chi connectivity index (χ1) is 12.7. The zero-order valence-corrected chi connectivity index (χ0v) is 15.4. The number of nitrogens with zero attached hydrogens (tertiary/aromatic N) is 1. The van der Waals surface area contributed by atoms with E-state index < -0.39 is 6.04 Å². The average Bonchev–Trinajstić information content (AvgIpc) is 3.01. The molecule has 0 spiro atoms. The normalized spacial score (nSPS) is 20.4. The highest BCUT2D eigenvalue weighted by Crippen LogP contribution is 2.32. The maximum atomic E-state index is 12.7. The second kappa shape index (κ2) is 8.96. The number of carbonyl (C=O) groups excluding carboxylic acids is 1. The standard InChI is InChI=1S/C20H27N3O3/c1-3-25-17-12-15(13-17)9-10-21-19(16-7-5-4-6-8-16)20(24)22-18-11-14(2)26-23-18/h4-8,11,15,17,19,21H,3,9-10,12-13H2,1-2H3,(H,22,23,24). The summed E-state index contributed by atoms with van der Waals surface area (Å²) in [5, 5.41) is 10.1. The van der Waals surface area contributed by atoms with E-state index >= 15 is 0 Å². The lowest BCUT2D eigenvalue weighted by Gasteiger charge is -2.35. The summed E-state index contributed by atoms with van der Waals surface area (Å²) in [4.78, 5) is 12.7. The number of aryl methyl sites for hydroxylation is 1. The lowest BCUT2D eigenvalue weighted by Crippen LogP contribution is -2.37. The molecular formula is C20H27N3O3. The van der Waals surface area contributed by atoms with Crippen LogP contribution in [0.2, 0.25) is 0 Å². The van der Waals surface area contributed by atoms with Gasteiger partial charge in [-0.25, -0.2) is 0 Å². The van der Waals surface area contributed by atoms with Gasteiger partial charge < -0.3 is 19.9 Å². The third kappa shape index (κ3) is 4.93. The summed E-state index contributed by atoms with van der Waals surface area (Å²) in [6, 6.07) is 11.0. The Kier molecular flexibility index (Phi) is 6.41. The number of rotatable bonds is 9. The summed E-state index contributed by atoms with van der Waals surface area (Å²) >= 11 is 0. The van der Waals surface area contributed by atoms with Crippen molar-refractivity contribution in [3.63, 3.8) is 0 Å². The Morgan fingerprint density at radius 3 is 2.77 bits per heavy atom. The predicted molar refractivity (Wildman–Crippen MR) is 99.8 cm³/mol. The number of carbonyl (C=O) groups is 1. The molecule has 1 unspecified atom stereocenters. The molecule has 1 aromatic carbocycles. The number of benzene rings is 1. The van der Waals surface area contributed by atoms with Crippen LogP contribution < -0.4 is 10.6 Å². The molecule has 1 aromatic heterocycles. The molecule has 3 rings (SSSR count). The largest absolute Gasteiger partial charge is 0.378 e. The molecular weight excluding hydrogens is 330 g/mol. The van der Waals surface area contributed by atoms with Crippen LogP contribution >= 0.6 is 0 Å². The van der Waals surface area contributed by atoms with Crippen molar-refractivity contribution in [1.82, 2.24) is 10.5 Å². The molecule has 2 N–H and O–H groups in total. The van der Waals surface area contributed by atoms with Crippen molar-refractivity contribution >= 4 is 11.7 Å². The van der Waals surface area contributed by atoms with Gasteiger partial charge >= 0.3 is 0 Å². The van der Waals surface area contributed by atoms with Gasteiger partial charge in [-0.05, 0) is 51.1 Å². The Balaban J connectivity index is 1.55. The maximum absolute atomic E-state index is 12.7. The first kappa shape index (κ1) is 18.6. The van der Waals surface area contributed by atoms with Gasteiger partial charge in [-0.3, -0.25) is 4.79 Å². The van der Waals surface area contributed by atoms with E-state index in [1.165, 1.54) is 0 Å². The van der Waals surface area contributed by atoms with Gasteiger partial charge in [0.05, 0.1) is 6.10 Å². The molecule has 1 saturated carbocycles. The van der Waals surface area contributed by atoms with Gasteiger partial charge in [0.15, 0.2) is 5.82 Å². The summed E-state index contributed by atoms with van der Waals surface area (Å²) in [6.07, 6.45) is 3.71. The zero-order valence-electron chi connectivity index (χ0n) is 15.4. The maximum Gasteiger partial charge on any atom is 0.247 e. The first-order valence-electron chi connectivity index (χ1n) is 9.29. The number of nitrogens with one attached hydrogen (secondary N) is 2. The second-order valence-electron chi connectivity index (χ2n) is 6.81. The molecule has 6 heteroatoms.